The monoisotopic (exact) mass is 870 g/mol. The number of rotatable bonds is 24. The summed E-state index contributed by atoms with van der Waals surface area (Å²) in [5.41, 5.74) is 2.06. The van der Waals surface area contributed by atoms with Crippen LogP contribution in [0, 0.1) is 17.8 Å². The fourth-order valence-electron chi connectivity index (χ4n) is 7.25. The lowest BCUT2D eigenvalue weighted by Gasteiger charge is -2.35. The van der Waals surface area contributed by atoms with Crippen LogP contribution < -0.4 is 31.9 Å². The number of amides is 6. The first-order valence-corrected chi connectivity index (χ1v) is 20.7. The van der Waals surface area contributed by atoms with E-state index in [1.165, 1.54) is 0 Å². The Bertz CT molecular complexity index is 1820. The number of carboxylic acids is 3. The van der Waals surface area contributed by atoms with Crippen molar-refractivity contribution in [1.29, 1.82) is 0 Å². The van der Waals surface area contributed by atoms with Gasteiger partial charge in [0.25, 0.3) is 0 Å². The van der Waals surface area contributed by atoms with Crippen LogP contribution in [0.5, 0.6) is 0 Å². The molecule has 1 fully saturated rings. The molecule has 0 spiro atoms. The highest BCUT2D eigenvalue weighted by molar-refractivity contribution is 5.93. The van der Waals surface area contributed by atoms with Gasteiger partial charge < -0.3 is 47.2 Å². The molecule has 0 unspecified atom stereocenters. The average molecular weight is 871 g/mol. The van der Waals surface area contributed by atoms with Crippen molar-refractivity contribution in [1.82, 2.24) is 31.9 Å². The van der Waals surface area contributed by atoms with Gasteiger partial charge in [-0.2, -0.15) is 0 Å². The number of hydrogen-bond acceptors (Lipinski definition) is 9. The minimum absolute atomic E-state index is 0.0301. The normalized spacial score (nSPS) is 17.0. The van der Waals surface area contributed by atoms with Crippen LogP contribution in [0.3, 0.4) is 0 Å². The van der Waals surface area contributed by atoms with Crippen LogP contribution >= 0.6 is 0 Å². The summed E-state index contributed by atoms with van der Waals surface area (Å²) in [6, 6.07) is 22.8. The van der Waals surface area contributed by atoms with Crippen molar-refractivity contribution >= 4 is 53.4 Å². The van der Waals surface area contributed by atoms with Crippen LogP contribution in [-0.4, -0.2) is 106 Å². The van der Waals surface area contributed by atoms with E-state index < -0.39 is 89.2 Å². The van der Waals surface area contributed by atoms with Crippen molar-refractivity contribution in [2.24, 2.45) is 17.8 Å². The van der Waals surface area contributed by atoms with E-state index in [9.17, 15) is 43.2 Å². The average Bonchev–Trinajstić information content (AvgIpc) is 3.26. The molecule has 336 valence electrons. The number of carbonyl (C=O) groups is 9. The van der Waals surface area contributed by atoms with Gasteiger partial charge in [-0.25, -0.2) is 0 Å². The molecule has 3 aromatic rings. The topological polar surface area (TPSA) is 286 Å². The number of benzene rings is 3. The van der Waals surface area contributed by atoms with Crippen LogP contribution in [0.15, 0.2) is 91.0 Å². The number of nitrogens with one attached hydrogen (secondary N) is 6. The lowest BCUT2D eigenvalue weighted by atomic mass is 9.73. The van der Waals surface area contributed by atoms with Crippen molar-refractivity contribution in [3.63, 3.8) is 0 Å². The molecule has 4 rings (SSSR count). The minimum Gasteiger partial charge on any atom is -0.481 e. The Hall–Kier alpha value is -7.11. The second-order valence-corrected chi connectivity index (χ2v) is 15.4. The predicted octanol–water partition coefficient (Wildman–Crippen LogP) is 0.974. The maximum atomic E-state index is 14.2. The van der Waals surface area contributed by atoms with Gasteiger partial charge in [-0.15, -0.1) is 0 Å². The van der Waals surface area contributed by atoms with Crippen LogP contribution in [0.1, 0.15) is 55.2 Å². The molecular weight excluding hydrogens is 817 g/mol. The third-order valence-corrected chi connectivity index (χ3v) is 10.5. The Balaban J connectivity index is 1.63. The molecule has 0 saturated heterocycles. The standard InChI is InChI=1S/C45H54N6O12/c52-37(53)16-19-46-43(61)34(22-28-10-4-1-5-11-28)49-40(58)31-25-32(41(59)50-35(23-29-12-6-2-7-13-29)44(62)47-20-17-38(54)55)27-33(26-31)42(60)51-36(24-30-14-8-3-9-15-30)45(63)48-21-18-39(56)57/h1-15,31-36H,16-27H2,(H,46,61)(H,47,62)(H,48,63)(H,49,58)(H,50,59)(H,51,60)(H,52,53)(H,54,55)(H,56,57)/t31?,32?,33?,34-,35-,36-/m0/s1. The van der Waals surface area contributed by atoms with E-state index in [1.807, 2.05) is 0 Å². The quantitative estimate of drug-likeness (QED) is 0.0609. The zero-order valence-electron chi connectivity index (χ0n) is 34.6. The highest BCUT2D eigenvalue weighted by atomic mass is 16.4. The molecule has 1 aliphatic rings. The van der Waals surface area contributed by atoms with Gasteiger partial charge >= 0.3 is 17.9 Å². The first kappa shape index (κ1) is 48.6. The van der Waals surface area contributed by atoms with Crippen LogP contribution in [0.2, 0.25) is 0 Å². The SMILES string of the molecule is O=C(O)CCNC(=O)[C@H](Cc1ccccc1)NC(=O)C1CC(C(=O)N[C@@H](Cc2ccccc2)C(=O)NCCC(=O)O)CC(C(=O)N[C@@H](Cc2ccccc2)C(=O)NCCC(=O)O)C1. The number of carbonyl (C=O) groups excluding carboxylic acids is 6. The summed E-state index contributed by atoms with van der Waals surface area (Å²) >= 11 is 0. The maximum Gasteiger partial charge on any atom is 0.305 e. The van der Waals surface area contributed by atoms with Crippen LogP contribution in [-0.2, 0) is 62.4 Å². The van der Waals surface area contributed by atoms with E-state index in [-0.39, 0.29) is 77.4 Å². The zero-order chi connectivity index (χ0) is 45.7. The Morgan fingerprint density at radius 3 is 0.873 bits per heavy atom. The number of aliphatic carboxylic acids is 3. The van der Waals surface area contributed by atoms with Gasteiger partial charge in [-0.3, -0.25) is 43.2 Å². The fraction of sp³-hybridized carbons (Fsp3) is 0.400. The maximum absolute atomic E-state index is 14.2. The summed E-state index contributed by atoms with van der Waals surface area (Å²) in [5.74, 6) is -10.5. The molecule has 9 N–H and O–H groups in total. The lowest BCUT2D eigenvalue weighted by molar-refractivity contribution is -0.140. The first-order valence-electron chi connectivity index (χ1n) is 20.7. The Morgan fingerprint density at radius 1 is 0.413 bits per heavy atom. The molecule has 0 aromatic heterocycles. The molecule has 3 atom stereocenters. The van der Waals surface area contributed by atoms with Gasteiger partial charge in [0.15, 0.2) is 0 Å². The molecule has 63 heavy (non-hydrogen) atoms. The molecule has 3 aromatic carbocycles. The molecular formula is C45H54N6O12. The first-order chi connectivity index (χ1) is 30.2. The van der Waals surface area contributed by atoms with Gasteiger partial charge in [-0.05, 0) is 36.0 Å². The van der Waals surface area contributed by atoms with E-state index >= 15 is 0 Å². The summed E-state index contributed by atoms with van der Waals surface area (Å²) in [4.78, 5) is 116. The molecule has 0 radical (unpaired) electrons. The Kier molecular flexibility index (Phi) is 19.2. The van der Waals surface area contributed by atoms with Crippen molar-refractivity contribution in [3.05, 3.63) is 108 Å². The Labute approximate surface area is 364 Å². The second-order valence-electron chi connectivity index (χ2n) is 15.4. The predicted molar refractivity (Wildman–Crippen MR) is 226 cm³/mol. The molecule has 0 bridgehead atoms. The summed E-state index contributed by atoms with van der Waals surface area (Å²) in [7, 11) is 0. The third kappa shape index (κ3) is 17.1. The molecule has 18 nitrogen and oxygen atoms in total. The highest BCUT2D eigenvalue weighted by Crippen LogP contribution is 2.35. The van der Waals surface area contributed by atoms with E-state index in [4.69, 9.17) is 15.3 Å². The van der Waals surface area contributed by atoms with Crippen molar-refractivity contribution in [2.45, 2.75) is 75.9 Å². The largest absolute Gasteiger partial charge is 0.481 e. The fourth-order valence-corrected chi connectivity index (χ4v) is 7.25. The smallest absolute Gasteiger partial charge is 0.305 e. The molecule has 1 saturated carbocycles. The molecule has 18 heteroatoms. The summed E-state index contributed by atoms with van der Waals surface area (Å²) < 4.78 is 0. The zero-order valence-corrected chi connectivity index (χ0v) is 34.6. The summed E-state index contributed by atoms with van der Waals surface area (Å²) in [6.07, 6.45) is -1.32. The second kappa shape index (κ2) is 25.0. The number of hydrogen-bond donors (Lipinski definition) is 9. The van der Waals surface area contributed by atoms with E-state index in [0.29, 0.717) is 16.7 Å². The molecule has 6 amide bonds. The van der Waals surface area contributed by atoms with Gasteiger partial charge in [0.05, 0.1) is 19.3 Å². The van der Waals surface area contributed by atoms with E-state index in [1.54, 1.807) is 91.0 Å². The minimum atomic E-state index is -1.18. The van der Waals surface area contributed by atoms with Gasteiger partial charge in [0.2, 0.25) is 35.4 Å². The molecule has 0 heterocycles. The highest BCUT2D eigenvalue weighted by Gasteiger charge is 2.41. The summed E-state index contributed by atoms with van der Waals surface area (Å²) in [5, 5.41) is 43.2. The van der Waals surface area contributed by atoms with Crippen molar-refractivity contribution < 1.29 is 58.5 Å². The van der Waals surface area contributed by atoms with Gasteiger partial charge in [0, 0.05) is 56.7 Å². The molecule has 0 aliphatic heterocycles. The summed E-state index contributed by atoms with van der Waals surface area (Å²) in [6.45, 7) is -0.609. The van der Waals surface area contributed by atoms with Crippen LogP contribution in [0.25, 0.3) is 0 Å². The van der Waals surface area contributed by atoms with Crippen molar-refractivity contribution in [2.75, 3.05) is 19.6 Å². The lowest BCUT2D eigenvalue weighted by Crippen LogP contribution is -2.54. The van der Waals surface area contributed by atoms with E-state index in [2.05, 4.69) is 31.9 Å². The molecule has 1 aliphatic carbocycles. The number of carboxylic acid groups (broad SMARTS) is 3. The Morgan fingerprint density at radius 2 is 0.651 bits per heavy atom. The van der Waals surface area contributed by atoms with E-state index in [0.717, 1.165) is 0 Å². The third-order valence-electron chi connectivity index (χ3n) is 10.5. The van der Waals surface area contributed by atoms with Gasteiger partial charge in [0.1, 0.15) is 18.1 Å². The van der Waals surface area contributed by atoms with Crippen LogP contribution in [0.4, 0.5) is 0 Å². The van der Waals surface area contributed by atoms with Gasteiger partial charge in [-0.1, -0.05) is 91.0 Å². The van der Waals surface area contributed by atoms with Crippen molar-refractivity contribution in [3.8, 4) is 0 Å².